The Kier molecular flexibility index (Phi) is 4.56. The Labute approximate surface area is 141 Å². The van der Waals surface area contributed by atoms with Crippen molar-refractivity contribution in [2.75, 3.05) is 7.05 Å². The first-order valence-electron chi connectivity index (χ1n) is 7.75. The van der Waals surface area contributed by atoms with Crippen molar-refractivity contribution in [3.63, 3.8) is 0 Å². The number of likely N-dealkylation sites (N-methyl/N-ethyl adjacent to an activating group) is 1. The van der Waals surface area contributed by atoms with Crippen LogP contribution >= 0.6 is 0 Å². The van der Waals surface area contributed by atoms with Crippen LogP contribution in [0.2, 0.25) is 0 Å². The number of benzene rings is 2. The smallest absolute Gasteiger partial charge is 0.411 e. The summed E-state index contributed by atoms with van der Waals surface area (Å²) in [5.41, 5.74) is -1.72. The molecule has 0 spiro atoms. The summed E-state index contributed by atoms with van der Waals surface area (Å²) >= 11 is 0. The van der Waals surface area contributed by atoms with Gasteiger partial charge in [0, 0.05) is 7.05 Å². The third-order valence-electron chi connectivity index (χ3n) is 4.07. The van der Waals surface area contributed by atoms with Gasteiger partial charge in [0.1, 0.15) is 5.60 Å². The van der Waals surface area contributed by atoms with Gasteiger partial charge in [0.2, 0.25) is 0 Å². The van der Waals surface area contributed by atoms with Crippen LogP contribution in [-0.2, 0) is 15.1 Å². The average molecular weight is 329 g/mol. The van der Waals surface area contributed by atoms with Crippen LogP contribution < -0.4 is 0 Å². The molecule has 128 valence electrons. The van der Waals surface area contributed by atoms with E-state index in [0.717, 1.165) is 15.7 Å². The van der Waals surface area contributed by atoms with E-state index >= 15 is 0 Å². The van der Waals surface area contributed by atoms with Crippen LogP contribution in [-0.4, -0.2) is 34.7 Å². The van der Waals surface area contributed by atoms with Crippen molar-refractivity contribution in [2.24, 2.45) is 0 Å². The summed E-state index contributed by atoms with van der Waals surface area (Å²) in [6.07, 6.45) is -0.680. The van der Waals surface area contributed by atoms with Crippen molar-refractivity contribution in [2.45, 2.75) is 38.8 Å². The Morgan fingerprint density at radius 2 is 1.58 bits per heavy atom. The van der Waals surface area contributed by atoms with Gasteiger partial charge in [0.05, 0.1) is 0 Å². The normalized spacial score (nSPS) is 14.0. The second-order valence-electron chi connectivity index (χ2n) is 6.98. The third-order valence-corrected chi connectivity index (χ3v) is 4.07. The lowest BCUT2D eigenvalue weighted by Gasteiger charge is -2.36. The van der Waals surface area contributed by atoms with Crippen LogP contribution in [0, 0.1) is 0 Å². The van der Waals surface area contributed by atoms with Gasteiger partial charge in [-0.25, -0.2) is 9.59 Å². The van der Waals surface area contributed by atoms with Gasteiger partial charge in [-0.05, 0) is 50.1 Å². The summed E-state index contributed by atoms with van der Waals surface area (Å²) < 4.78 is 5.33. The zero-order chi connectivity index (χ0) is 18.1. The summed E-state index contributed by atoms with van der Waals surface area (Å²) in [4.78, 5) is 25.5. The van der Waals surface area contributed by atoms with Gasteiger partial charge in [-0.2, -0.15) is 0 Å². The molecule has 1 N–H and O–H groups in total. The summed E-state index contributed by atoms with van der Waals surface area (Å²) in [7, 11) is 1.44. The van der Waals surface area contributed by atoms with Gasteiger partial charge in [-0.15, -0.1) is 0 Å². The molecule has 0 fully saturated rings. The van der Waals surface area contributed by atoms with Gasteiger partial charge in [-0.1, -0.05) is 36.4 Å². The highest BCUT2D eigenvalue weighted by molar-refractivity contribution is 5.89. The quantitative estimate of drug-likeness (QED) is 0.924. The predicted octanol–water partition coefficient (Wildman–Crippen LogP) is 4.01. The zero-order valence-electron chi connectivity index (χ0n) is 14.7. The Hall–Kier alpha value is -2.56. The van der Waals surface area contributed by atoms with E-state index in [9.17, 15) is 14.7 Å². The van der Waals surface area contributed by atoms with Crippen molar-refractivity contribution in [1.29, 1.82) is 0 Å². The lowest BCUT2D eigenvalue weighted by atomic mass is 9.89. The molecule has 0 bridgehead atoms. The second-order valence-corrected chi connectivity index (χ2v) is 6.98. The first kappa shape index (κ1) is 17.8. The molecule has 0 aromatic heterocycles. The lowest BCUT2D eigenvalue weighted by Crippen LogP contribution is -2.52. The van der Waals surface area contributed by atoms with Crippen LogP contribution in [0.4, 0.5) is 4.79 Å². The topological polar surface area (TPSA) is 66.8 Å². The highest BCUT2D eigenvalue weighted by atomic mass is 16.6. The summed E-state index contributed by atoms with van der Waals surface area (Å²) in [6, 6.07) is 13.1. The van der Waals surface area contributed by atoms with Crippen LogP contribution in [0.5, 0.6) is 0 Å². The van der Waals surface area contributed by atoms with E-state index in [2.05, 4.69) is 0 Å². The van der Waals surface area contributed by atoms with Crippen LogP contribution in [0.1, 0.15) is 33.3 Å². The molecule has 1 amide bonds. The van der Waals surface area contributed by atoms with Crippen molar-refractivity contribution in [1.82, 2.24) is 4.90 Å². The molecule has 5 heteroatoms. The van der Waals surface area contributed by atoms with Gasteiger partial charge >= 0.3 is 12.1 Å². The minimum absolute atomic E-state index is 0.516. The number of carbonyl (C=O) groups excluding carboxylic acids is 1. The zero-order valence-corrected chi connectivity index (χ0v) is 14.7. The number of rotatable bonds is 3. The average Bonchev–Trinajstić information content (AvgIpc) is 2.51. The monoisotopic (exact) mass is 329 g/mol. The minimum Gasteiger partial charge on any atom is -0.479 e. The number of aliphatic carboxylic acids is 1. The van der Waals surface area contributed by atoms with Crippen molar-refractivity contribution >= 4 is 22.8 Å². The first-order chi connectivity index (χ1) is 11.1. The van der Waals surface area contributed by atoms with Crippen LogP contribution in [0.25, 0.3) is 10.8 Å². The fourth-order valence-corrected chi connectivity index (χ4v) is 2.47. The molecule has 0 unspecified atom stereocenters. The maximum absolute atomic E-state index is 12.4. The lowest BCUT2D eigenvalue weighted by molar-refractivity contribution is -0.150. The number of amides is 1. The summed E-state index contributed by atoms with van der Waals surface area (Å²) in [5.74, 6) is -1.12. The third kappa shape index (κ3) is 3.35. The van der Waals surface area contributed by atoms with Gasteiger partial charge in [0.15, 0.2) is 5.54 Å². The number of carboxylic acids is 1. The SMILES string of the molecule is CN(C(=O)OC(C)(C)C)[C@@](C)(C(=O)O)c1ccc2ccccc2c1. The van der Waals surface area contributed by atoms with Crippen molar-refractivity contribution in [3.05, 3.63) is 48.0 Å². The number of fused-ring (bicyclic) bond motifs is 1. The van der Waals surface area contributed by atoms with E-state index in [-0.39, 0.29) is 0 Å². The minimum atomic E-state index is -1.54. The fraction of sp³-hybridized carbons (Fsp3) is 0.368. The molecule has 0 saturated heterocycles. The van der Waals surface area contributed by atoms with Crippen LogP contribution in [0.3, 0.4) is 0 Å². The maximum Gasteiger partial charge on any atom is 0.411 e. The van der Waals surface area contributed by atoms with E-state index in [1.165, 1.54) is 14.0 Å². The Balaban J connectivity index is 2.49. The van der Waals surface area contributed by atoms with E-state index in [1.807, 2.05) is 30.3 Å². The van der Waals surface area contributed by atoms with E-state index in [0.29, 0.717) is 5.56 Å². The van der Waals surface area contributed by atoms with Gasteiger partial charge < -0.3 is 9.84 Å². The molecular formula is C19H23NO4. The van der Waals surface area contributed by atoms with Crippen molar-refractivity contribution in [3.8, 4) is 0 Å². The molecule has 2 rings (SSSR count). The first-order valence-corrected chi connectivity index (χ1v) is 7.75. The number of hydrogen-bond donors (Lipinski definition) is 1. The van der Waals surface area contributed by atoms with Crippen molar-refractivity contribution < 1.29 is 19.4 Å². The molecule has 0 radical (unpaired) electrons. The van der Waals surface area contributed by atoms with Gasteiger partial charge in [-0.3, -0.25) is 4.90 Å². The Morgan fingerprint density at radius 3 is 2.12 bits per heavy atom. The predicted molar refractivity (Wildman–Crippen MR) is 92.9 cm³/mol. The molecule has 0 aliphatic heterocycles. The molecule has 1 atom stereocenters. The maximum atomic E-state index is 12.4. The molecule has 0 heterocycles. The largest absolute Gasteiger partial charge is 0.479 e. The molecule has 0 aliphatic rings. The number of ether oxygens (including phenoxy) is 1. The molecule has 5 nitrogen and oxygen atoms in total. The molecular weight excluding hydrogens is 306 g/mol. The van der Waals surface area contributed by atoms with E-state index in [4.69, 9.17) is 4.74 Å². The Bertz CT molecular complexity index is 778. The summed E-state index contributed by atoms with van der Waals surface area (Å²) in [5, 5.41) is 11.8. The number of carbonyl (C=O) groups is 2. The second kappa shape index (κ2) is 6.15. The molecule has 0 aliphatic carbocycles. The van der Waals surface area contributed by atoms with E-state index in [1.54, 1.807) is 32.9 Å². The number of hydrogen-bond acceptors (Lipinski definition) is 3. The molecule has 2 aromatic carbocycles. The standard InChI is InChI=1S/C19H23NO4/c1-18(2,3)24-17(23)20(5)19(4,16(21)22)15-11-10-13-8-6-7-9-14(13)12-15/h6-12H,1-5H3,(H,21,22)/t19-/m1/s1. The fourth-order valence-electron chi connectivity index (χ4n) is 2.47. The highest BCUT2D eigenvalue weighted by Gasteiger charge is 2.43. The van der Waals surface area contributed by atoms with E-state index < -0.39 is 23.2 Å². The molecule has 2 aromatic rings. The van der Waals surface area contributed by atoms with Crippen LogP contribution in [0.15, 0.2) is 42.5 Å². The molecule has 0 saturated carbocycles. The highest BCUT2D eigenvalue weighted by Crippen LogP contribution is 2.31. The Morgan fingerprint density at radius 1 is 1.00 bits per heavy atom. The number of nitrogens with zero attached hydrogens (tertiary/aromatic N) is 1. The molecule has 24 heavy (non-hydrogen) atoms. The number of carboxylic acid groups (broad SMARTS) is 1. The summed E-state index contributed by atoms with van der Waals surface area (Å²) in [6.45, 7) is 6.73. The van der Waals surface area contributed by atoms with Gasteiger partial charge in [0.25, 0.3) is 0 Å².